The van der Waals surface area contributed by atoms with Gasteiger partial charge in [0.1, 0.15) is 17.1 Å². The van der Waals surface area contributed by atoms with E-state index in [2.05, 4.69) is 15.9 Å². The van der Waals surface area contributed by atoms with E-state index in [1.54, 1.807) is 18.2 Å². The largest absolute Gasteiger partial charge is 0.497 e. The number of hydrogen-bond donors (Lipinski definition) is 1. The van der Waals surface area contributed by atoms with Crippen molar-refractivity contribution in [3.05, 3.63) is 63.9 Å². The molecule has 0 atom stereocenters. The molecule has 4 amide bonds. The number of carbonyl (C=O) groups excluding carboxylic acids is 3. The molecule has 132 valence electrons. The number of urea groups is 1. The van der Waals surface area contributed by atoms with Crippen molar-refractivity contribution < 1.29 is 23.5 Å². The summed E-state index contributed by atoms with van der Waals surface area (Å²) in [6.45, 7) is 0. The van der Waals surface area contributed by atoms with E-state index in [4.69, 9.17) is 4.74 Å². The minimum Gasteiger partial charge on any atom is -0.497 e. The summed E-state index contributed by atoms with van der Waals surface area (Å²) in [4.78, 5) is 37.5. The fraction of sp³-hybridized carbons (Fsp3) is 0.0556. The van der Waals surface area contributed by atoms with Crippen molar-refractivity contribution in [2.75, 3.05) is 12.0 Å². The van der Waals surface area contributed by atoms with E-state index in [1.165, 1.54) is 31.4 Å². The number of para-hydroxylation sites is 1. The van der Waals surface area contributed by atoms with Crippen molar-refractivity contribution in [1.82, 2.24) is 5.32 Å². The van der Waals surface area contributed by atoms with Gasteiger partial charge in [0.2, 0.25) is 0 Å². The molecule has 26 heavy (non-hydrogen) atoms. The Morgan fingerprint density at radius 1 is 1.15 bits per heavy atom. The van der Waals surface area contributed by atoms with Crippen molar-refractivity contribution in [3.63, 3.8) is 0 Å². The van der Waals surface area contributed by atoms with Crippen LogP contribution in [0.25, 0.3) is 6.08 Å². The lowest BCUT2D eigenvalue weighted by Gasteiger charge is -2.26. The van der Waals surface area contributed by atoms with Gasteiger partial charge in [-0.1, -0.05) is 28.1 Å². The van der Waals surface area contributed by atoms with Crippen molar-refractivity contribution in [2.45, 2.75) is 0 Å². The van der Waals surface area contributed by atoms with E-state index in [0.29, 0.717) is 20.7 Å². The number of ether oxygens (including phenoxy) is 1. The zero-order valence-corrected chi connectivity index (χ0v) is 15.0. The van der Waals surface area contributed by atoms with Crippen molar-refractivity contribution in [3.8, 4) is 5.75 Å². The number of nitrogens with zero attached hydrogens (tertiary/aromatic N) is 1. The lowest BCUT2D eigenvalue weighted by atomic mass is 10.1. The predicted molar refractivity (Wildman–Crippen MR) is 96.1 cm³/mol. The molecule has 1 N–H and O–H groups in total. The lowest BCUT2D eigenvalue weighted by molar-refractivity contribution is -0.122. The highest BCUT2D eigenvalue weighted by atomic mass is 79.9. The number of nitrogens with one attached hydrogen (secondary N) is 1. The van der Waals surface area contributed by atoms with E-state index in [1.807, 2.05) is 5.32 Å². The Morgan fingerprint density at radius 2 is 1.88 bits per heavy atom. The van der Waals surface area contributed by atoms with Gasteiger partial charge in [0.05, 0.1) is 12.8 Å². The summed E-state index contributed by atoms with van der Waals surface area (Å²) in [6.07, 6.45) is 1.31. The smallest absolute Gasteiger partial charge is 0.336 e. The number of halogens is 2. The van der Waals surface area contributed by atoms with Gasteiger partial charge in [0.15, 0.2) is 0 Å². The first kappa shape index (κ1) is 17.8. The second kappa shape index (κ2) is 7.09. The number of rotatable bonds is 3. The molecule has 2 aromatic rings. The van der Waals surface area contributed by atoms with Crippen molar-refractivity contribution in [1.29, 1.82) is 0 Å². The molecule has 0 unspecified atom stereocenters. The van der Waals surface area contributed by atoms with Gasteiger partial charge in [-0.15, -0.1) is 0 Å². The van der Waals surface area contributed by atoms with Crippen LogP contribution in [0.15, 0.2) is 52.5 Å². The molecule has 0 radical (unpaired) electrons. The number of barbiturate groups is 1. The first-order valence-corrected chi connectivity index (χ1v) is 8.20. The second-order valence-electron chi connectivity index (χ2n) is 5.33. The van der Waals surface area contributed by atoms with Crippen LogP contribution in [0.2, 0.25) is 0 Å². The summed E-state index contributed by atoms with van der Waals surface area (Å²) in [5, 5.41) is 2.05. The molecule has 1 fully saturated rings. The number of methoxy groups -OCH3 is 1. The topological polar surface area (TPSA) is 75.7 Å². The van der Waals surface area contributed by atoms with Gasteiger partial charge >= 0.3 is 6.03 Å². The molecule has 0 bridgehead atoms. The Balaban J connectivity index is 2.06. The number of imide groups is 2. The average molecular weight is 419 g/mol. The van der Waals surface area contributed by atoms with Crippen LogP contribution in [0.1, 0.15) is 5.56 Å². The molecule has 1 aliphatic heterocycles. The molecule has 2 aromatic carbocycles. The van der Waals surface area contributed by atoms with E-state index >= 15 is 0 Å². The zero-order chi connectivity index (χ0) is 18.8. The summed E-state index contributed by atoms with van der Waals surface area (Å²) < 4.78 is 19.8. The Morgan fingerprint density at radius 3 is 2.58 bits per heavy atom. The molecule has 1 aliphatic rings. The van der Waals surface area contributed by atoms with E-state index in [0.717, 1.165) is 6.07 Å². The summed E-state index contributed by atoms with van der Waals surface area (Å²) in [7, 11) is 1.48. The average Bonchev–Trinajstić information content (AvgIpc) is 2.59. The standard InChI is InChI=1S/C18H12BrFN2O4/c1-26-12-7-10(6-11(19)9-12)8-13-16(23)21-18(25)22(17(13)24)15-5-3-2-4-14(15)20/h2-9H,1H3,(H,21,23,25)/b13-8-. The maximum Gasteiger partial charge on any atom is 0.336 e. The fourth-order valence-electron chi connectivity index (χ4n) is 2.46. The van der Waals surface area contributed by atoms with Crippen LogP contribution in [0, 0.1) is 5.82 Å². The van der Waals surface area contributed by atoms with Gasteiger partial charge in [0, 0.05) is 4.47 Å². The van der Waals surface area contributed by atoms with Crippen LogP contribution in [-0.2, 0) is 9.59 Å². The third-order valence-corrected chi connectivity index (χ3v) is 4.09. The molecule has 1 heterocycles. The Hall–Kier alpha value is -3.00. The third-order valence-electron chi connectivity index (χ3n) is 3.64. The minimum atomic E-state index is -1.01. The quantitative estimate of drug-likeness (QED) is 0.612. The molecular formula is C18H12BrFN2O4. The van der Waals surface area contributed by atoms with Crippen LogP contribution in [0.5, 0.6) is 5.75 Å². The van der Waals surface area contributed by atoms with Gasteiger partial charge in [-0.3, -0.25) is 14.9 Å². The third kappa shape index (κ3) is 3.36. The van der Waals surface area contributed by atoms with Gasteiger partial charge in [0.25, 0.3) is 11.8 Å². The summed E-state index contributed by atoms with van der Waals surface area (Å²) >= 11 is 3.31. The summed E-state index contributed by atoms with van der Waals surface area (Å²) in [5.41, 5.74) is -0.0363. The Bertz CT molecular complexity index is 958. The molecule has 3 rings (SSSR count). The van der Waals surface area contributed by atoms with Gasteiger partial charge in [-0.05, 0) is 42.0 Å². The van der Waals surface area contributed by atoms with Crippen molar-refractivity contribution >= 4 is 45.5 Å². The number of carbonyl (C=O) groups is 3. The normalized spacial score (nSPS) is 16.0. The highest BCUT2D eigenvalue weighted by Gasteiger charge is 2.37. The van der Waals surface area contributed by atoms with E-state index in [9.17, 15) is 18.8 Å². The molecule has 0 aliphatic carbocycles. The van der Waals surface area contributed by atoms with Crippen LogP contribution in [0.4, 0.5) is 14.9 Å². The Labute approximate surface area is 156 Å². The first-order chi connectivity index (χ1) is 12.4. The maximum atomic E-state index is 14.0. The van der Waals surface area contributed by atoms with Crippen molar-refractivity contribution in [2.24, 2.45) is 0 Å². The van der Waals surface area contributed by atoms with Crippen LogP contribution in [0.3, 0.4) is 0 Å². The molecule has 0 spiro atoms. The number of benzene rings is 2. The number of amides is 4. The monoisotopic (exact) mass is 418 g/mol. The van der Waals surface area contributed by atoms with Gasteiger partial charge in [-0.25, -0.2) is 14.1 Å². The molecule has 6 nitrogen and oxygen atoms in total. The summed E-state index contributed by atoms with van der Waals surface area (Å²) in [5.74, 6) is -2.01. The van der Waals surface area contributed by atoms with Crippen LogP contribution >= 0.6 is 15.9 Å². The molecule has 0 aromatic heterocycles. The van der Waals surface area contributed by atoms with E-state index < -0.39 is 23.7 Å². The van der Waals surface area contributed by atoms with Gasteiger partial charge in [-0.2, -0.15) is 0 Å². The molecule has 1 saturated heterocycles. The Kier molecular flexibility index (Phi) is 4.85. The highest BCUT2D eigenvalue weighted by Crippen LogP contribution is 2.26. The van der Waals surface area contributed by atoms with Crippen LogP contribution < -0.4 is 15.0 Å². The zero-order valence-electron chi connectivity index (χ0n) is 13.5. The highest BCUT2D eigenvalue weighted by molar-refractivity contribution is 9.10. The number of hydrogen-bond acceptors (Lipinski definition) is 4. The van der Waals surface area contributed by atoms with E-state index in [-0.39, 0.29) is 11.3 Å². The predicted octanol–water partition coefficient (Wildman–Crippen LogP) is 3.26. The molecule has 8 heteroatoms. The maximum absolute atomic E-state index is 14.0. The van der Waals surface area contributed by atoms with Gasteiger partial charge < -0.3 is 4.74 Å². The molecular weight excluding hydrogens is 407 g/mol. The van der Waals surface area contributed by atoms with Crippen LogP contribution in [-0.4, -0.2) is 25.0 Å². The first-order valence-electron chi connectivity index (χ1n) is 7.41. The summed E-state index contributed by atoms with van der Waals surface area (Å²) in [6, 6.07) is 9.30. The fourth-order valence-corrected chi connectivity index (χ4v) is 2.95. The minimum absolute atomic E-state index is 0.236. The lowest BCUT2D eigenvalue weighted by Crippen LogP contribution is -2.54. The number of anilines is 1. The molecule has 0 saturated carbocycles. The SMILES string of the molecule is COc1cc(Br)cc(/C=C2/C(=O)NC(=O)N(c3ccccc3F)C2=O)c1. The second-order valence-corrected chi connectivity index (χ2v) is 6.25.